The van der Waals surface area contributed by atoms with Gasteiger partial charge < -0.3 is 5.11 Å². The molecule has 2 rings (SSSR count). The van der Waals surface area contributed by atoms with Crippen molar-refractivity contribution in [2.45, 2.75) is 38.6 Å². The summed E-state index contributed by atoms with van der Waals surface area (Å²) in [4.78, 5) is 23.2. The number of hydrogen-bond donors (Lipinski definition) is 1. The van der Waals surface area contributed by atoms with Crippen molar-refractivity contribution in [1.29, 1.82) is 0 Å². The van der Waals surface area contributed by atoms with E-state index in [-0.39, 0.29) is 16.8 Å². The molecule has 1 aromatic rings. The zero-order valence-corrected chi connectivity index (χ0v) is 9.56. The summed E-state index contributed by atoms with van der Waals surface area (Å²) in [6, 6.07) is 0. The summed E-state index contributed by atoms with van der Waals surface area (Å²) in [5.74, 6) is -0.958. The fourth-order valence-corrected chi connectivity index (χ4v) is 3.35. The smallest absolute Gasteiger partial charge is 0.323 e. The van der Waals surface area contributed by atoms with Gasteiger partial charge in [0.1, 0.15) is 6.54 Å². The van der Waals surface area contributed by atoms with Crippen LogP contribution in [-0.4, -0.2) is 15.6 Å². The quantitative estimate of drug-likeness (QED) is 0.826. The van der Waals surface area contributed by atoms with Crippen molar-refractivity contribution in [3.05, 3.63) is 20.2 Å². The molecule has 82 valence electrons. The Morgan fingerprint density at radius 2 is 2.27 bits per heavy atom. The molecule has 0 radical (unpaired) electrons. The molecule has 0 spiro atoms. The maximum atomic E-state index is 11.6. The van der Waals surface area contributed by atoms with Crippen LogP contribution in [0.4, 0.5) is 0 Å². The van der Waals surface area contributed by atoms with Gasteiger partial charge >= 0.3 is 10.8 Å². The Labute approximate surface area is 91.2 Å². The average molecular weight is 227 g/mol. The number of nitrogens with zero attached hydrogens (tertiary/aromatic N) is 1. The minimum atomic E-state index is -0.958. The lowest BCUT2D eigenvalue weighted by Crippen LogP contribution is -2.27. The van der Waals surface area contributed by atoms with Crippen molar-refractivity contribution in [2.24, 2.45) is 0 Å². The molecule has 0 amide bonds. The van der Waals surface area contributed by atoms with Crippen molar-refractivity contribution < 1.29 is 9.90 Å². The molecule has 0 fully saturated rings. The molecule has 0 aliphatic heterocycles. The first kappa shape index (κ1) is 10.4. The Balaban J connectivity index is 2.56. The Bertz CT molecular complexity index is 470. The summed E-state index contributed by atoms with van der Waals surface area (Å²) in [5, 5.41) is 8.76. The molecule has 0 atom stereocenters. The molecular formula is C10H13NO3S. The van der Waals surface area contributed by atoms with Crippen LogP contribution in [0.2, 0.25) is 0 Å². The number of carbonyl (C=O) groups is 1. The summed E-state index contributed by atoms with van der Waals surface area (Å²) >= 11 is 1.19. The van der Waals surface area contributed by atoms with E-state index in [0.717, 1.165) is 23.4 Å². The third kappa shape index (κ3) is 1.61. The second-order valence-corrected chi connectivity index (χ2v) is 5.55. The highest BCUT2D eigenvalue weighted by Gasteiger charge is 2.35. The third-order valence-electron chi connectivity index (χ3n) is 2.88. The van der Waals surface area contributed by atoms with Gasteiger partial charge in [-0.25, -0.2) is 0 Å². The number of aryl methyl sites for hydroxylation is 1. The zero-order chi connectivity index (χ0) is 11.2. The fourth-order valence-electron chi connectivity index (χ4n) is 2.19. The Kier molecular flexibility index (Phi) is 2.22. The molecule has 0 saturated carbocycles. The van der Waals surface area contributed by atoms with Crippen molar-refractivity contribution in [2.75, 3.05) is 0 Å². The molecular weight excluding hydrogens is 214 g/mol. The molecule has 5 heteroatoms. The summed E-state index contributed by atoms with van der Waals surface area (Å²) < 4.78 is 1.41. The van der Waals surface area contributed by atoms with Crippen LogP contribution in [-0.2, 0) is 23.2 Å². The summed E-state index contributed by atoms with van der Waals surface area (Å²) in [6.45, 7) is 3.90. The van der Waals surface area contributed by atoms with Crippen LogP contribution in [0.1, 0.15) is 30.8 Å². The molecule has 1 N–H and O–H groups in total. The van der Waals surface area contributed by atoms with Gasteiger partial charge in [0.05, 0.1) is 0 Å². The van der Waals surface area contributed by atoms with Crippen molar-refractivity contribution >= 4 is 17.3 Å². The van der Waals surface area contributed by atoms with E-state index in [9.17, 15) is 9.59 Å². The van der Waals surface area contributed by atoms with Crippen LogP contribution < -0.4 is 4.87 Å². The second-order valence-electron chi connectivity index (χ2n) is 4.50. The number of thiazole rings is 1. The SMILES string of the molecule is CC1(C)CCc2sc(=O)n(CC(=O)O)c21. The van der Waals surface area contributed by atoms with Crippen molar-refractivity contribution in [1.82, 2.24) is 4.57 Å². The Morgan fingerprint density at radius 1 is 1.60 bits per heavy atom. The summed E-state index contributed by atoms with van der Waals surface area (Å²) in [7, 11) is 0. The van der Waals surface area contributed by atoms with E-state index in [0.29, 0.717) is 0 Å². The first-order valence-corrected chi connectivity index (χ1v) is 5.68. The van der Waals surface area contributed by atoms with Gasteiger partial charge in [0.2, 0.25) is 0 Å². The van der Waals surface area contributed by atoms with E-state index in [4.69, 9.17) is 5.11 Å². The molecule has 1 aromatic heterocycles. The molecule has 0 aromatic carbocycles. The van der Waals surface area contributed by atoms with Crippen LogP contribution in [0.3, 0.4) is 0 Å². The molecule has 1 aliphatic carbocycles. The largest absolute Gasteiger partial charge is 0.480 e. The van der Waals surface area contributed by atoms with Gasteiger partial charge in [0.25, 0.3) is 0 Å². The van der Waals surface area contributed by atoms with Gasteiger partial charge in [-0.1, -0.05) is 25.2 Å². The maximum Gasteiger partial charge on any atom is 0.323 e. The maximum absolute atomic E-state index is 11.6. The lowest BCUT2D eigenvalue weighted by molar-refractivity contribution is -0.137. The number of rotatable bonds is 2. The first-order chi connectivity index (χ1) is 6.92. The highest BCUT2D eigenvalue weighted by Crippen LogP contribution is 2.39. The number of aliphatic carboxylic acids is 1. The number of hydrogen-bond acceptors (Lipinski definition) is 3. The second kappa shape index (κ2) is 3.20. The fraction of sp³-hybridized carbons (Fsp3) is 0.600. The van der Waals surface area contributed by atoms with Gasteiger partial charge in [-0.15, -0.1) is 0 Å². The summed E-state index contributed by atoms with van der Waals surface area (Å²) in [6.07, 6.45) is 1.89. The van der Waals surface area contributed by atoms with Gasteiger partial charge in [-0.05, 0) is 12.8 Å². The standard InChI is InChI=1S/C10H13NO3S/c1-10(2)4-3-6-8(10)11(5-7(12)13)9(14)15-6/h3-5H2,1-2H3,(H,12,13). The summed E-state index contributed by atoms with van der Waals surface area (Å²) in [5.41, 5.74) is 0.865. The number of carboxylic acid groups (broad SMARTS) is 1. The molecule has 1 heterocycles. The molecule has 0 bridgehead atoms. The van der Waals surface area contributed by atoms with Crippen LogP contribution in [0, 0.1) is 0 Å². The van der Waals surface area contributed by atoms with Gasteiger partial charge in [0, 0.05) is 16.0 Å². The molecule has 4 nitrogen and oxygen atoms in total. The third-order valence-corrected chi connectivity index (χ3v) is 3.92. The topological polar surface area (TPSA) is 59.3 Å². The van der Waals surface area contributed by atoms with E-state index >= 15 is 0 Å². The van der Waals surface area contributed by atoms with Crippen LogP contribution in [0.25, 0.3) is 0 Å². The highest BCUT2D eigenvalue weighted by atomic mass is 32.1. The highest BCUT2D eigenvalue weighted by molar-refractivity contribution is 7.09. The van der Waals surface area contributed by atoms with E-state index in [1.807, 2.05) is 0 Å². The average Bonchev–Trinajstić information content (AvgIpc) is 2.53. The minimum absolute atomic E-state index is 0.0655. The monoisotopic (exact) mass is 227 g/mol. The van der Waals surface area contributed by atoms with E-state index in [1.165, 1.54) is 15.9 Å². The predicted octanol–water partition coefficient (Wildman–Crippen LogP) is 1.22. The number of aromatic nitrogens is 1. The lowest BCUT2D eigenvalue weighted by atomic mass is 9.91. The zero-order valence-electron chi connectivity index (χ0n) is 8.74. The van der Waals surface area contributed by atoms with Gasteiger partial charge in [0.15, 0.2) is 0 Å². The van der Waals surface area contributed by atoms with Crippen LogP contribution >= 0.6 is 11.3 Å². The molecule has 15 heavy (non-hydrogen) atoms. The van der Waals surface area contributed by atoms with Gasteiger partial charge in [-0.2, -0.15) is 0 Å². The number of fused-ring (bicyclic) bond motifs is 1. The Morgan fingerprint density at radius 3 is 2.87 bits per heavy atom. The normalized spacial score (nSPS) is 17.7. The van der Waals surface area contributed by atoms with E-state index in [1.54, 1.807) is 0 Å². The Hall–Kier alpha value is -1.10. The van der Waals surface area contributed by atoms with Crippen molar-refractivity contribution in [3.63, 3.8) is 0 Å². The van der Waals surface area contributed by atoms with Crippen LogP contribution in [0.5, 0.6) is 0 Å². The van der Waals surface area contributed by atoms with Crippen molar-refractivity contribution in [3.8, 4) is 0 Å². The molecule has 0 unspecified atom stereocenters. The van der Waals surface area contributed by atoms with E-state index < -0.39 is 5.97 Å². The van der Waals surface area contributed by atoms with Crippen LogP contribution in [0.15, 0.2) is 4.79 Å². The minimum Gasteiger partial charge on any atom is -0.480 e. The predicted molar refractivity (Wildman–Crippen MR) is 57.6 cm³/mol. The molecule has 1 aliphatic rings. The lowest BCUT2D eigenvalue weighted by Gasteiger charge is -2.19. The first-order valence-electron chi connectivity index (χ1n) is 4.86. The van der Waals surface area contributed by atoms with E-state index in [2.05, 4.69) is 13.8 Å². The van der Waals surface area contributed by atoms with Gasteiger partial charge in [-0.3, -0.25) is 14.2 Å². The number of carboxylic acids is 1. The molecule has 0 saturated heterocycles.